The van der Waals surface area contributed by atoms with Crippen LogP contribution in [-0.2, 0) is 9.53 Å². The summed E-state index contributed by atoms with van der Waals surface area (Å²) in [5.41, 5.74) is 0.574. The van der Waals surface area contributed by atoms with E-state index in [1.165, 1.54) is 77.0 Å². The van der Waals surface area contributed by atoms with Crippen molar-refractivity contribution >= 4 is 6.29 Å². The lowest BCUT2D eigenvalue weighted by Crippen LogP contribution is -2.31. The van der Waals surface area contributed by atoms with E-state index in [1.807, 2.05) is 0 Å². The second-order valence-electron chi connectivity index (χ2n) is 9.31. The first-order valence-electron chi connectivity index (χ1n) is 11.8. The largest absolute Gasteiger partial charge is 0.396 e. The maximum atomic E-state index is 9.56. The Morgan fingerprint density at radius 3 is 2.04 bits per heavy atom. The maximum Gasteiger partial charge on any atom is 0.145 e. The molecule has 0 aromatic rings. The number of allylic oxidation sites excluding steroid dienone is 1. The van der Waals surface area contributed by atoms with E-state index in [4.69, 9.17) is 4.74 Å². The lowest BCUT2D eigenvalue weighted by atomic mass is 9.67. The van der Waals surface area contributed by atoms with E-state index in [2.05, 4.69) is 13.5 Å². The number of aliphatic hydroxyl groups is 1. The average Bonchev–Trinajstić information content (AvgIpc) is 2.73. The zero-order valence-electron chi connectivity index (χ0n) is 18.8. The van der Waals surface area contributed by atoms with Crippen molar-refractivity contribution in [2.45, 2.75) is 90.9 Å². The van der Waals surface area contributed by atoms with Crippen LogP contribution in [0, 0.1) is 29.6 Å². The van der Waals surface area contributed by atoms with Gasteiger partial charge < -0.3 is 9.84 Å². The number of ether oxygens (including phenoxy) is 1. The molecule has 0 heterocycles. The summed E-state index contributed by atoms with van der Waals surface area (Å²) in [6.45, 7) is 8.30. The van der Waals surface area contributed by atoms with E-state index >= 15 is 0 Å². The Bertz CT molecular complexity index is 404. The zero-order chi connectivity index (χ0) is 20.8. The molecule has 0 radical (unpaired) electrons. The van der Waals surface area contributed by atoms with Gasteiger partial charge >= 0.3 is 0 Å². The van der Waals surface area contributed by atoms with Gasteiger partial charge in [-0.3, -0.25) is 4.79 Å². The van der Waals surface area contributed by atoms with Crippen LogP contribution in [0.3, 0.4) is 0 Å². The highest BCUT2D eigenvalue weighted by Crippen LogP contribution is 2.43. The van der Waals surface area contributed by atoms with Crippen LogP contribution >= 0.6 is 0 Å². The smallest absolute Gasteiger partial charge is 0.145 e. The van der Waals surface area contributed by atoms with Gasteiger partial charge in [0.05, 0.1) is 6.61 Å². The third-order valence-electron chi connectivity index (χ3n) is 7.07. The van der Waals surface area contributed by atoms with Crippen molar-refractivity contribution in [3.63, 3.8) is 0 Å². The van der Waals surface area contributed by atoms with Gasteiger partial charge in [-0.15, -0.1) is 0 Å². The second kappa shape index (κ2) is 15.2. The monoisotopic (exact) mass is 394 g/mol. The molecular weight excluding hydrogens is 348 g/mol. The van der Waals surface area contributed by atoms with E-state index in [9.17, 15) is 9.90 Å². The number of carbonyl (C=O) groups excluding carboxylic acids is 1. The minimum absolute atomic E-state index is 0.298. The minimum Gasteiger partial charge on any atom is -0.396 e. The fraction of sp³-hybridized carbons (Fsp3) is 0.880. The summed E-state index contributed by atoms with van der Waals surface area (Å²) in [6, 6.07) is 0. The number of methoxy groups -OCH3 is 1. The molecule has 1 atom stereocenters. The fourth-order valence-electron chi connectivity index (χ4n) is 5.27. The molecule has 2 aliphatic carbocycles. The standard InChI is InChI=1S/C21H40O2.C4H6O/c1-3-4-5-6-17-7-9-18(10-8-17)19-11-13-20(14-12-19)21(15-22)16-23-2;1-4(2)3-5/h17-22H,3-16H2,1-2H3;3H,1H2,2H3. The summed E-state index contributed by atoms with van der Waals surface area (Å²) >= 11 is 0. The van der Waals surface area contributed by atoms with E-state index < -0.39 is 0 Å². The van der Waals surface area contributed by atoms with Crippen LogP contribution in [0.5, 0.6) is 0 Å². The molecule has 0 bridgehead atoms. The molecule has 0 aromatic heterocycles. The van der Waals surface area contributed by atoms with Gasteiger partial charge in [0.25, 0.3) is 0 Å². The third kappa shape index (κ3) is 9.69. The van der Waals surface area contributed by atoms with Crippen molar-refractivity contribution in [1.29, 1.82) is 0 Å². The lowest BCUT2D eigenvalue weighted by molar-refractivity contribution is -0.104. The first-order valence-corrected chi connectivity index (χ1v) is 11.8. The van der Waals surface area contributed by atoms with Crippen LogP contribution in [0.2, 0.25) is 0 Å². The Morgan fingerprint density at radius 1 is 1.07 bits per heavy atom. The molecule has 28 heavy (non-hydrogen) atoms. The van der Waals surface area contributed by atoms with Crippen molar-refractivity contribution in [2.24, 2.45) is 29.6 Å². The first-order chi connectivity index (χ1) is 13.5. The van der Waals surface area contributed by atoms with E-state index in [1.54, 1.807) is 14.0 Å². The van der Waals surface area contributed by atoms with Crippen LogP contribution in [0.15, 0.2) is 12.2 Å². The average molecular weight is 395 g/mol. The van der Waals surface area contributed by atoms with Crippen molar-refractivity contribution in [1.82, 2.24) is 0 Å². The molecule has 2 fully saturated rings. The molecule has 2 saturated carbocycles. The molecule has 3 heteroatoms. The normalized spacial score (nSPS) is 28.7. The van der Waals surface area contributed by atoms with E-state index in [0.717, 1.165) is 30.6 Å². The molecule has 0 aliphatic heterocycles. The highest BCUT2D eigenvalue weighted by atomic mass is 16.5. The van der Waals surface area contributed by atoms with Crippen LogP contribution in [0.4, 0.5) is 0 Å². The molecule has 164 valence electrons. The summed E-state index contributed by atoms with van der Waals surface area (Å²) in [5, 5.41) is 9.56. The molecule has 0 spiro atoms. The molecule has 2 rings (SSSR count). The van der Waals surface area contributed by atoms with Gasteiger partial charge in [0.2, 0.25) is 0 Å². The van der Waals surface area contributed by atoms with E-state index in [0.29, 0.717) is 24.0 Å². The molecule has 1 N–H and O–H groups in total. The summed E-state index contributed by atoms with van der Waals surface area (Å²) in [7, 11) is 1.76. The number of rotatable bonds is 10. The number of aliphatic hydroxyl groups excluding tert-OH is 1. The summed E-state index contributed by atoms with van der Waals surface area (Å²) in [4.78, 5) is 9.41. The number of unbranched alkanes of at least 4 members (excludes halogenated alkanes) is 2. The Balaban J connectivity index is 0.000000696. The van der Waals surface area contributed by atoms with Gasteiger partial charge in [-0.2, -0.15) is 0 Å². The number of hydrogen-bond donors (Lipinski definition) is 1. The summed E-state index contributed by atoms with van der Waals surface area (Å²) < 4.78 is 5.28. The first kappa shape index (κ1) is 25.4. The maximum absolute atomic E-state index is 9.56. The van der Waals surface area contributed by atoms with Crippen molar-refractivity contribution in [2.75, 3.05) is 20.3 Å². The Hall–Kier alpha value is -0.670. The van der Waals surface area contributed by atoms with E-state index in [-0.39, 0.29) is 0 Å². The lowest BCUT2D eigenvalue weighted by Gasteiger charge is -2.39. The number of aldehydes is 1. The van der Waals surface area contributed by atoms with Crippen LogP contribution in [-0.4, -0.2) is 31.7 Å². The molecule has 2 aliphatic rings. The van der Waals surface area contributed by atoms with Crippen molar-refractivity contribution in [3.8, 4) is 0 Å². The highest BCUT2D eigenvalue weighted by molar-refractivity contribution is 5.70. The summed E-state index contributed by atoms with van der Waals surface area (Å²) in [5.74, 6) is 4.09. The molecule has 0 aromatic carbocycles. The third-order valence-corrected chi connectivity index (χ3v) is 7.07. The second-order valence-corrected chi connectivity index (χ2v) is 9.31. The predicted octanol–water partition coefficient (Wildman–Crippen LogP) is 6.20. The van der Waals surface area contributed by atoms with Crippen LogP contribution < -0.4 is 0 Å². The molecule has 0 amide bonds. The number of carbonyl (C=O) groups is 1. The van der Waals surface area contributed by atoms with Gasteiger partial charge in [-0.05, 0) is 74.7 Å². The Kier molecular flexibility index (Phi) is 13.8. The number of hydrogen-bond acceptors (Lipinski definition) is 3. The van der Waals surface area contributed by atoms with Gasteiger partial charge in [-0.25, -0.2) is 0 Å². The van der Waals surface area contributed by atoms with Crippen molar-refractivity contribution in [3.05, 3.63) is 12.2 Å². The Morgan fingerprint density at radius 2 is 1.61 bits per heavy atom. The fourth-order valence-corrected chi connectivity index (χ4v) is 5.27. The molecule has 3 nitrogen and oxygen atoms in total. The minimum atomic E-state index is 0.298. The summed E-state index contributed by atoms with van der Waals surface area (Å²) in [6.07, 6.45) is 17.9. The predicted molar refractivity (Wildman–Crippen MR) is 118 cm³/mol. The molecular formula is C25H46O3. The molecule has 1 unspecified atom stereocenters. The SMILES string of the molecule is C=C(C)C=O.CCCCCC1CCC(C2CCC(C(CO)COC)CC2)CC1. The quantitative estimate of drug-likeness (QED) is 0.273. The highest BCUT2D eigenvalue weighted by Gasteiger charge is 2.33. The Labute approximate surface area is 174 Å². The van der Waals surface area contributed by atoms with Crippen molar-refractivity contribution < 1.29 is 14.6 Å². The van der Waals surface area contributed by atoms with Crippen LogP contribution in [0.25, 0.3) is 0 Å². The topological polar surface area (TPSA) is 46.5 Å². The van der Waals surface area contributed by atoms with Gasteiger partial charge in [0.15, 0.2) is 0 Å². The zero-order valence-corrected chi connectivity index (χ0v) is 18.8. The van der Waals surface area contributed by atoms with Crippen LogP contribution in [0.1, 0.15) is 90.9 Å². The van der Waals surface area contributed by atoms with Gasteiger partial charge in [-0.1, -0.05) is 52.0 Å². The van der Waals surface area contributed by atoms with Gasteiger partial charge in [0.1, 0.15) is 6.29 Å². The molecule has 0 saturated heterocycles. The van der Waals surface area contributed by atoms with Gasteiger partial charge in [0, 0.05) is 19.6 Å².